The van der Waals surface area contributed by atoms with Gasteiger partial charge in [0.2, 0.25) is 0 Å². The summed E-state index contributed by atoms with van der Waals surface area (Å²) in [5.41, 5.74) is 20.0. The average molecular weight is 1130 g/mol. The number of hydrogen-bond acceptors (Lipinski definition) is 11. The Morgan fingerprint density at radius 2 is 0.628 bits per heavy atom. The first kappa shape index (κ1) is 53.7. The van der Waals surface area contributed by atoms with Crippen LogP contribution in [0.15, 0.2) is 264 Å². The van der Waals surface area contributed by atoms with Crippen molar-refractivity contribution in [1.82, 2.24) is 16.0 Å². The van der Waals surface area contributed by atoms with Gasteiger partial charge in [0, 0.05) is 40.4 Å². The third-order valence-electron chi connectivity index (χ3n) is 15.8. The van der Waals surface area contributed by atoms with Gasteiger partial charge in [0.15, 0.2) is 0 Å². The van der Waals surface area contributed by atoms with Crippen LogP contribution in [-0.2, 0) is 14.4 Å². The van der Waals surface area contributed by atoms with Crippen molar-refractivity contribution in [3.8, 4) is 34.1 Å². The summed E-state index contributed by atoms with van der Waals surface area (Å²) in [4.78, 5) is 48.1. The molecule has 6 aliphatic heterocycles. The molecular weight excluding hydrogens is 1070 g/mol. The summed E-state index contributed by atoms with van der Waals surface area (Å²) in [6.45, 7) is 1.52. The monoisotopic (exact) mass is 1130 g/mol. The van der Waals surface area contributed by atoms with Crippen molar-refractivity contribution < 1.29 is 19.3 Å². The molecule has 3 atom stereocenters. The highest BCUT2D eigenvalue weighted by Gasteiger charge is 2.36. The van der Waals surface area contributed by atoms with Crippen LogP contribution >= 0.6 is 0 Å². The second-order valence-corrected chi connectivity index (χ2v) is 21.1. The number of benzene rings is 9. The number of nitro groups is 1. The van der Waals surface area contributed by atoms with Gasteiger partial charge in [-0.3, -0.25) is 24.5 Å². The normalized spacial score (nSPS) is 17.3. The molecule has 3 amide bonds. The van der Waals surface area contributed by atoms with Crippen molar-refractivity contribution in [2.24, 2.45) is 0 Å². The molecular formula is C71H56N10O5. The van der Waals surface area contributed by atoms with Crippen LogP contribution in [0.3, 0.4) is 0 Å². The van der Waals surface area contributed by atoms with Crippen molar-refractivity contribution in [2.75, 3.05) is 51.5 Å². The molecule has 0 aromatic heterocycles. The van der Waals surface area contributed by atoms with Gasteiger partial charge >= 0.3 is 0 Å². The Morgan fingerprint density at radius 1 is 0.337 bits per heavy atom. The summed E-state index contributed by atoms with van der Waals surface area (Å²) in [7, 11) is 0. The van der Waals surface area contributed by atoms with Gasteiger partial charge in [0.25, 0.3) is 23.4 Å². The fourth-order valence-electron chi connectivity index (χ4n) is 11.4. The van der Waals surface area contributed by atoms with Gasteiger partial charge in [0.1, 0.15) is 0 Å². The predicted octanol–water partition coefficient (Wildman–Crippen LogP) is 12.6. The maximum absolute atomic E-state index is 12.6. The summed E-state index contributed by atoms with van der Waals surface area (Å²) in [5, 5.41) is 40.4. The number of hydrogen-bond donors (Lipinski definition) is 9. The van der Waals surface area contributed by atoms with Crippen LogP contribution in [0.25, 0.3) is 22.3 Å². The van der Waals surface area contributed by atoms with E-state index in [1.165, 1.54) is 17.7 Å². The molecule has 86 heavy (non-hydrogen) atoms. The van der Waals surface area contributed by atoms with Crippen molar-refractivity contribution in [3.05, 3.63) is 302 Å². The topological polar surface area (TPSA) is 203 Å². The lowest BCUT2D eigenvalue weighted by Crippen LogP contribution is -2.24. The number of para-hydroxylation sites is 6. The molecule has 420 valence electrons. The first-order chi connectivity index (χ1) is 42.2. The van der Waals surface area contributed by atoms with E-state index in [2.05, 4.69) is 96.1 Å². The molecule has 9 aromatic rings. The Balaban J connectivity index is 0.000000120. The molecule has 0 fully saturated rings. The van der Waals surface area contributed by atoms with Gasteiger partial charge in [-0.2, -0.15) is 0 Å². The number of nitrogens with zero attached hydrogens (tertiary/aromatic N) is 1. The van der Waals surface area contributed by atoms with Gasteiger partial charge < -0.3 is 47.9 Å². The fourth-order valence-corrected chi connectivity index (χ4v) is 11.4. The number of nitrogens with one attached hydrogen (secondary N) is 9. The highest BCUT2D eigenvalue weighted by atomic mass is 16.6. The quantitative estimate of drug-likeness (QED) is 0.0436. The number of non-ortho nitro benzene ring substituents is 1. The Morgan fingerprint density at radius 3 is 0.988 bits per heavy atom. The van der Waals surface area contributed by atoms with E-state index in [-0.39, 0.29) is 41.5 Å². The lowest BCUT2D eigenvalue weighted by Gasteiger charge is -2.20. The summed E-state index contributed by atoms with van der Waals surface area (Å²) in [6.07, 6.45) is 0. The van der Waals surface area contributed by atoms with Crippen LogP contribution in [0.1, 0.15) is 45.9 Å². The van der Waals surface area contributed by atoms with Crippen LogP contribution in [0.5, 0.6) is 0 Å². The molecule has 9 N–H and O–H groups in total. The van der Waals surface area contributed by atoms with Crippen LogP contribution in [0.2, 0.25) is 0 Å². The van der Waals surface area contributed by atoms with Crippen LogP contribution < -0.4 is 47.9 Å². The van der Waals surface area contributed by atoms with Crippen LogP contribution in [-0.4, -0.2) is 42.3 Å². The summed E-state index contributed by atoms with van der Waals surface area (Å²) in [5.74, 6) is 6.24. The minimum absolute atomic E-state index is 0.0186. The highest BCUT2D eigenvalue weighted by molar-refractivity contribution is 6.03. The predicted molar refractivity (Wildman–Crippen MR) is 339 cm³/mol. The second-order valence-electron chi connectivity index (χ2n) is 21.1. The van der Waals surface area contributed by atoms with Crippen molar-refractivity contribution in [3.63, 3.8) is 0 Å². The average Bonchev–Trinajstić information content (AvgIpc) is 3.08. The largest absolute Gasteiger partial charge is 0.372 e. The maximum Gasteiger partial charge on any atom is 0.269 e. The van der Waals surface area contributed by atoms with E-state index in [4.69, 9.17) is 0 Å². The Bertz CT molecular complexity index is 4270. The smallest absolute Gasteiger partial charge is 0.269 e. The third kappa shape index (κ3) is 11.2. The third-order valence-corrected chi connectivity index (χ3v) is 15.8. The Hall–Kier alpha value is -11.6. The first-order valence-electron chi connectivity index (χ1n) is 28.3. The molecule has 9 aromatic carbocycles. The Labute approximate surface area is 496 Å². The molecule has 0 spiro atoms. The zero-order chi connectivity index (χ0) is 58.5. The number of anilines is 6. The van der Waals surface area contributed by atoms with Gasteiger partial charge in [-0.15, -0.1) is 0 Å². The van der Waals surface area contributed by atoms with Gasteiger partial charge in [-0.05, 0) is 112 Å². The first-order valence-corrected chi connectivity index (χ1v) is 28.3. The number of carbonyl (C=O) groups is 3. The molecule has 0 aliphatic carbocycles. The van der Waals surface area contributed by atoms with E-state index < -0.39 is 4.92 Å². The Kier molecular flexibility index (Phi) is 14.8. The van der Waals surface area contributed by atoms with E-state index in [9.17, 15) is 24.5 Å². The molecule has 6 aliphatic rings. The highest BCUT2D eigenvalue weighted by Crippen LogP contribution is 2.42. The number of rotatable bonds is 6. The molecule has 0 radical (unpaired) electrons. The number of fused-ring (bicyclic) bond motifs is 3. The molecule has 15 heteroatoms. The molecule has 6 heterocycles. The van der Waals surface area contributed by atoms with E-state index in [0.717, 1.165) is 107 Å². The van der Waals surface area contributed by atoms with E-state index >= 15 is 0 Å². The van der Waals surface area contributed by atoms with Crippen molar-refractivity contribution in [2.45, 2.75) is 18.1 Å². The van der Waals surface area contributed by atoms with Gasteiger partial charge in [-0.1, -0.05) is 157 Å². The second kappa shape index (κ2) is 23.7. The van der Waals surface area contributed by atoms with Crippen molar-refractivity contribution >= 4 is 57.5 Å². The van der Waals surface area contributed by atoms with Gasteiger partial charge in [0.05, 0.1) is 93.5 Å². The van der Waals surface area contributed by atoms with Crippen LogP contribution in [0.4, 0.5) is 39.8 Å². The molecule has 0 saturated carbocycles. The van der Waals surface area contributed by atoms with E-state index in [0.29, 0.717) is 25.2 Å². The number of amides is 3. The van der Waals surface area contributed by atoms with Crippen LogP contribution in [0, 0.1) is 22.0 Å². The van der Waals surface area contributed by atoms with Gasteiger partial charge in [-0.25, -0.2) is 0 Å². The van der Waals surface area contributed by atoms with E-state index in [1.54, 1.807) is 12.1 Å². The van der Waals surface area contributed by atoms with Crippen molar-refractivity contribution in [1.29, 1.82) is 0 Å². The lowest BCUT2D eigenvalue weighted by atomic mass is 9.95. The molecule has 0 saturated heterocycles. The standard InChI is InChI=1S/C25H19N3O.C23H18N4O3.C23H19N3O/c29-25-23-22(16-26-25)27-20-8-4-5-9-21(20)28-24(23)19-14-12-18(13-15-19)11-10-17-6-2-1-3-7-17;28-23-21-20(13-24-23)25-18-3-1-2-4-19(18)26-22(21)16-7-5-14(6-8-16)15-9-11-17(12-10-15)27(29)30;27-23-21-20(14-24-23)25-18-8-4-5-9-19(18)26-22(21)17-12-10-16(11-13-17)15-6-2-1-3-7-15/h1-9,12-15,24,27-28H,16H2,(H,26,29);1-12,22,25-26H,13H2,(H,24,28);1-13,22,25-26H,14H2,(H,24,27). The molecule has 0 bridgehead atoms. The summed E-state index contributed by atoms with van der Waals surface area (Å²) < 4.78 is 0. The van der Waals surface area contributed by atoms with E-state index in [1.807, 2.05) is 170 Å². The summed E-state index contributed by atoms with van der Waals surface area (Å²) in [6, 6.07) is 74.4. The number of carbonyl (C=O) groups excluding carboxylic acids is 3. The zero-order valence-corrected chi connectivity index (χ0v) is 46.3. The minimum Gasteiger partial charge on any atom is -0.372 e. The number of nitro benzene ring substituents is 1. The zero-order valence-electron chi connectivity index (χ0n) is 46.3. The molecule has 3 unspecified atom stereocenters. The lowest BCUT2D eigenvalue weighted by molar-refractivity contribution is -0.384. The minimum atomic E-state index is -0.408. The molecule has 15 nitrogen and oxygen atoms in total. The molecule has 15 rings (SSSR count). The SMILES string of the molecule is O=C1NCC2=C1C(c1ccc(-c3ccc([N+](=O)[O-])cc3)cc1)Nc1ccccc1N2.O=C1NCC2=C1C(c1ccc(-c3ccccc3)cc1)Nc1ccccc1N2.O=C1NCC2=C1C(c1ccc(C#Cc3ccccc3)cc1)Nc1ccccc1N2. The maximum atomic E-state index is 12.6. The summed E-state index contributed by atoms with van der Waals surface area (Å²) >= 11 is 0. The fraction of sp³-hybridized carbons (Fsp3) is 0.0845.